The molecule has 0 bridgehead atoms. The number of aromatic hydroxyl groups is 1. The van der Waals surface area contributed by atoms with Crippen molar-refractivity contribution in [3.8, 4) is 5.75 Å². The summed E-state index contributed by atoms with van der Waals surface area (Å²) in [5, 5.41) is 30.2. The zero-order valence-electron chi connectivity index (χ0n) is 7.01. The number of hydrogen-bond acceptors (Lipinski definition) is 6. The Morgan fingerprint density at radius 3 is 2.27 bits per heavy atom. The molecule has 0 saturated heterocycles. The molecule has 1 aromatic carbocycles. The van der Waals surface area contributed by atoms with Gasteiger partial charge in [0.25, 0.3) is 0 Å². The van der Waals surface area contributed by atoms with Crippen LogP contribution in [0.1, 0.15) is 0 Å². The minimum atomic E-state index is -0.984. The maximum Gasteiger partial charge on any atom is 0.341 e. The van der Waals surface area contributed by atoms with E-state index in [-0.39, 0.29) is 4.47 Å². The third-order valence-electron chi connectivity index (χ3n) is 1.62. The summed E-state index contributed by atoms with van der Waals surface area (Å²) in [5.74, 6) is -0.733. The first-order valence-corrected chi connectivity index (χ1v) is 4.25. The summed E-state index contributed by atoms with van der Waals surface area (Å²) in [6.07, 6.45) is 0. The molecular weight excluding hydrogens is 274 g/mol. The Labute approximate surface area is 90.7 Å². The van der Waals surface area contributed by atoms with E-state index in [9.17, 15) is 25.3 Å². The molecule has 0 fully saturated rings. The highest BCUT2D eigenvalue weighted by Crippen LogP contribution is 2.43. The first-order valence-electron chi connectivity index (χ1n) is 3.46. The summed E-state index contributed by atoms with van der Waals surface area (Å²) in [4.78, 5) is 19.1. The van der Waals surface area contributed by atoms with Crippen molar-refractivity contribution in [1.29, 1.82) is 0 Å². The van der Waals surface area contributed by atoms with E-state index in [1.165, 1.54) is 0 Å². The minimum Gasteiger partial charge on any atom is -0.501 e. The van der Waals surface area contributed by atoms with Gasteiger partial charge in [-0.2, -0.15) is 0 Å². The Bertz CT molecular complexity index is 461. The zero-order chi connectivity index (χ0) is 11.7. The molecule has 9 heteroatoms. The average Bonchev–Trinajstić information content (AvgIpc) is 2.10. The van der Waals surface area contributed by atoms with E-state index < -0.39 is 32.7 Å². The first-order chi connectivity index (χ1) is 6.86. The fourth-order valence-corrected chi connectivity index (χ4v) is 1.37. The number of halogens is 1. The van der Waals surface area contributed by atoms with Crippen molar-refractivity contribution in [2.75, 3.05) is 5.73 Å². The number of phenols is 1. The van der Waals surface area contributed by atoms with Crippen LogP contribution in [0, 0.1) is 20.2 Å². The second-order valence-corrected chi connectivity index (χ2v) is 3.36. The number of phenolic OH excluding ortho intramolecular Hbond substituents is 1. The van der Waals surface area contributed by atoms with E-state index in [1.807, 2.05) is 0 Å². The molecule has 0 aliphatic rings. The van der Waals surface area contributed by atoms with Crippen LogP contribution in [-0.2, 0) is 0 Å². The molecule has 0 aromatic heterocycles. The number of benzene rings is 1. The third-order valence-corrected chi connectivity index (χ3v) is 2.23. The lowest BCUT2D eigenvalue weighted by Gasteiger charge is -2.02. The van der Waals surface area contributed by atoms with Crippen molar-refractivity contribution in [3.63, 3.8) is 0 Å². The van der Waals surface area contributed by atoms with Crippen molar-refractivity contribution in [1.82, 2.24) is 0 Å². The molecule has 0 unspecified atom stereocenters. The lowest BCUT2D eigenvalue weighted by Crippen LogP contribution is -2.01. The Kier molecular flexibility index (Phi) is 2.75. The van der Waals surface area contributed by atoms with Crippen LogP contribution in [0.2, 0.25) is 0 Å². The van der Waals surface area contributed by atoms with Crippen LogP contribution in [-0.4, -0.2) is 15.0 Å². The number of nitro benzene ring substituents is 2. The van der Waals surface area contributed by atoms with E-state index in [1.54, 1.807) is 0 Å². The van der Waals surface area contributed by atoms with Gasteiger partial charge < -0.3 is 10.8 Å². The van der Waals surface area contributed by atoms with Crippen molar-refractivity contribution in [3.05, 3.63) is 30.8 Å². The third kappa shape index (κ3) is 1.81. The van der Waals surface area contributed by atoms with Crippen molar-refractivity contribution in [2.45, 2.75) is 0 Å². The van der Waals surface area contributed by atoms with Crippen LogP contribution in [0.15, 0.2) is 10.5 Å². The van der Waals surface area contributed by atoms with Gasteiger partial charge in [0.2, 0.25) is 5.75 Å². The van der Waals surface area contributed by atoms with Crippen LogP contribution in [0.4, 0.5) is 17.1 Å². The highest BCUT2D eigenvalue weighted by Gasteiger charge is 2.29. The molecule has 15 heavy (non-hydrogen) atoms. The Morgan fingerprint density at radius 2 is 1.87 bits per heavy atom. The molecule has 8 nitrogen and oxygen atoms in total. The molecule has 0 aliphatic heterocycles. The van der Waals surface area contributed by atoms with Crippen LogP contribution in [0.25, 0.3) is 0 Å². The number of nitro groups is 2. The monoisotopic (exact) mass is 277 g/mol. The Morgan fingerprint density at radius 1 is 1.33 bits per heavy atom. The number of nitrogen functional groups attached to an aromatic ring is 1. The topological polar surface area (TPSA) is 133 Å². The summed E-state index contributed by atoms with van der Waals surface area (Å²) in [5.41, 5.74) is 3.00. The fraction of sp³-hybridized carbons (Fsp3) is 0. The Balaban J connectivity index is 3.63. The molecule has 80 valence electrons. The maximum absolute atomic E-state index is 10.5. The predicted octanol–water partition coefficient (Wildman–Crippen LogP) is 1.55. The largest absolute Gasteiger partial charge is 0.501 e. The van der Waals surface area contributed by atoms with E-state index >= 15 is 0 Å². The molecule has 0 radical (unpaired) electrons. The first kappa shape index (κ1) is 11.2. The molecule has 0 aliphatic carbocycles. The van der Waals surface area contributed by atoms with Gasteiger partial charge in [-0.1, -0.05) is 0 Å². The zero-order valence-corrected chi connectivity index (χ0v) is 8.59. The number of rotatable bonds is 2. The van der Waals surface area contributed by atoms with E-state index in [0.29, 0.717) is 0 Å². The molecule has 1 rings (SSSR count). The van der Waals surface area contributed by atoms with Gasteiger partial charge in [-0.15, -0.1) is 0 Å². The number of nitrogens with two attached hydrogens (primary N) is 1. The molecule has 1 aromatic rings. The second-order valence-electron chi connectivity index (χ2n) is 2.50. The van der Waals surface area contributed by atoms with E-state index in [0.717, 1.165) is 6.07 Å². The van der Waals surface area contributed by atoms with Gasteiger partial charge in [-0.05, 0) is 15.9 Å². The van der Waals surface area contributed by atoms with Crippen molar-refractivity contribution < 1.29 is 15.0 Å². The molecule has 3 N–H and O–H groups in total. The smallest absolute Gasteiger partial charge is 0.341 e. The molecule has 0 saturated carbocycles. The average molecular weight is 278 g/mol. The SMILES string of the molecule is Nc1c([N+](=O)[O-])cc(Br)c(O)c1[N+](=O)[O-]. The maximum atomic E-state index is 10.5. The fourth-order valence-electron chi connectivity index (χ4n) is 0.964. The quantitative estimate of drug-likeness (QED) is 0.479. The molecule has 0 amide bonds. The summed E-state index contributed by atoms with van der Waals surface area (Å²) >= 11 is 2.75. The van der Waals surface area contributed by atoms with Gasteiger partial charge in [0, 0.05) is 6.07 Å². The van der Waals surface area contributed by atoms with Gasteiger partial charge >= 0.3 is 11.4 Å². The standard InChI is InChI=1S/C6H4BrN3O5/c7-2-1-3(9(12)13)4(8)5(6(2)11)10(14)15/h1,11H,8H2. The summed E-state index contributed by atoms with van der Waals surface area (Å²) < 4.78 is -0.157. The van der Waals surface area contributed by atoms with Gasteiger partial charge in [-0.25, -0.2) is 0 Å². The highest BCUT2D eigenvalue weighted by atomic mass is 79.9. The predicted molar refractivity (Wildman–Crippen MR) is 53.5 cm³/mol. The molecule has 0 atom stereocenters. The highest BCUT2D eigenvalue weighted by molar-refractivity contribution is 9.10. The lowest BCUT2D eigenvalue weighted by molar-refractivity contribution is -0.393. The summed E-state index contributed by atoms with van der Waals surface area (Å²) in [7, 11) is 0. The number of nitrogens with zero attached hydrogens (tertiary/aromatic N) is 2. The number of anilines is 1. The lowest BCUT2D eigenvalue weighted by atomic mass is 10.2. The van der Waals surface area contributed by atoms with Crippen LogP contribution in [0.3, 0.4) is 0 Å². The number of hydrogen-bond donors (Lipinski definition) is 2. The molecular formula is C6H4BrN3O5. The van der Waals surface area contributed by atoms with Crippen molar-refractivity contribution in [2.24, 2.45) is 0 Å². The van der Waals surface area contributed by atoms with E-state index in [2.05, 4.69) is 15.9 Å². The van der Waals surface area contributed by atoms with Gasteiger partial charge in [-0.3, -0.25) is 20.2 Å². The second kappa shape index (κ2) is 3.69. The van der Waals surface area contributed by atoms with Gasteiger partial charge in [0.1, 0.15) is 0 Å². The normalized spacial score (nSPS) is 9.93. The molecule has 0 spiro atoms. The van der Waals surface area contributed by atoms with Crippen molar-refractivity contribution >= 4 is 33.0 Å². The van der Waals surface area contributed by atoms with E-state index in [4.69, 9.17) is 5.73 Å². The van der Waals surface area contributed by atoms with Crippen LogP contribution < -0.4 is 5.73 Å². The molecule has 0 heterocycles. The minimum absolute atomic E-state index is 0.157. The summed E-state index contributed by atoms with van der Waals surface area (Å²) in [6, 6.07) is 0.900. The summed E-state index contributed by atoms with van der Waals surface area (Å²) in [6.45, 7) is 0. The van der Waals surface area contributed by atoms with Gasteiger partial charge in [0.05, 0.1) is 14.3 Å². The van der Waals surface area contributed by atoms with Crippen LogP contribution >= 0.6 is 15.9 Å². The Hall–Kier alpha value is -1.90. The van der Waals surface area contributed by atoms with Gasteiger partial charge in [0.15, 0.2) is 5.69 Å². The van der Waals surface area contributed by atoms with Crippen LogP contribution in [0.5, 0.6) is 5.75 Å².